The number of fused-ring (bicyclic) bond motifs is 2. The third kappa shape index (κ3) is 3.18. The molecule has 1 aliphatic rings. The monoisotopic (exact) mass is 382 g/mol. The molecule has 0 amide bonds. The van der Waals surface area contributed by atoms with Crippen LogP contribution in [-0.4, -0.2) is 18.2 Å². The van der Waals surface area contributed by atoms with Crippen LogP contribution < -0.4 is 10.6 Å². The number of ether oxygens (including phenoxy) is 1. The van der Waals surface area contributed by atoms with Gasteiger partial charge in [-0.25, -0.2) is 4.79 Å². The average molecular weight is 383 g/mol. The number of thiocarbonyl (C=S) groups is 1. The maximum Gasteiger partial charge on any atom is 0.341 e. The molecule has 0 saturated heterocycles. The number of esters is 1. The maximum atomic E-state index is 12.2. The van der Waals surface area contributed by atoms with E-state index in [1.54, 1.807) is 11.3 Å². The van der Waals surface area contributed by atoms with Gasteiger partial charge in [-0.15, -0.1) is 11.3 Å². The van der Waals surface area contributed by atoms with E-state index in [-0.39, 0.29) is 5.97 Å². The summed E-state index contributed by atoms with van der Waals surface area (Å²) < 4.78 is 4.97. The first kappa shape index (κ1) is 17.0. The highest BCUT2D eigenvalue weighted by molar-refractivity contribution is 7.80. The number of hydrogen-bond acceptors (Lipinski definition) is 4. The number of methoxy groups -OCH3 is 1. The zero-order valence-electron chi connectivity index (χ0n) is 14.3. The Labute approximate surface area is 161 Å². The smallest absolute Gasteiger partial charge is 0.341 e. The first-order chi connectivity index (χ1) is 12.7. The van der Waals surface area contributed by atoms with Crippen LogP contribution in [0.3, 0.4) is 0 Å². The normalized spacial score (nSPS) is 12.7. The summed E-state index contributed by atoms with van der Waals surface area (Å²) in [5.41, 5.74) is 2.65. The Kier molecular flexibility index (Phi) is 4.61. The minimum absolute atomic E-state index is 0.305. The van der Waals surface area contributed by atoms with Crippen LogP contribution in [0.1, 0.15) is 27.2 Å². The van der Waals surface area contributed by atoms with Gasteiger partial charge < -0.3 is 15.4 Å². The minimum atomic E-state index is -0.305. The van der Waals surface area contributed by atoms with Crippen LogP contribution in [-0.2, 0) is 17.6 Å². The van der Waals surface area contributed by atoms with E-state index in [1.807, 2.05) is 18.2 Å². The highest BCUT2D eigenvalue weighted by Crippen LogP contribution is 2.39. The molecule has 26 heavy (non-hydrogen) atoms. The molecule has 1 aliphatic carbocycles. The van der Waals surface area contributed by atoms with Crippen LogP contribution in [0.25, 0.3) is 10.8 Å². The molecule has 2 N–H and O–H groups in total. The Morgan fingerprint density at radius 1 is 1.12 bits per heavy atom. The number of carbonyl (C=O) groups is 1. The topological polar surface area (TPSA) is 50.4 Å². The highest BCUT2D eigenvalue weighted by atomic mass is 32.1. The summed E-state index contributed by atoms with van der Waals surface area (Å²) in [6, 6.07) is 14.3. The summed E-state index contributed by atoms with van der Waals surface area (Å²) >= 11 is 7.06. The number of anilines is 2. The van der Waals surface area contributed by atoms with E-state index in [1.165, 1.54) is 17.4 Å². The number of thiophene rings is 1. The van der Waals surface area contributed by atoms with Crippen LogP contribution in [0.2, 0.25) is 0 Å². The molecule has 0 radical (unpaired) electrons. The molecule has 3 aromatic rings. The van der Waals surface area contributed by atoms with Crippen LogP contribution in [0, 0.1) is 0 Å². The average Bonchev–Trinajstić information content (AvgIpc) is 3.21. The minimum Gasteiger partial charge on any atom is -0.465 e. The van der Waals surface area contributed by atoms with E-state index in [0.29, 0.717) is 10.7 Å². The van der Waals surface area contributed by atoms with Crippen molar-refractivity contribution < 1.29 is 9.53 Å². The lowest BCUT2D eigenvalue weighted by Crippen LogP contribution is -2.20. The second kappa shape index (κ2) is 7.05. The molecular weight excluding hydrogens is 364 g/mol. The van der Waals surface area contributed by atoms with Crippen LogP contribution in [0.15, 0.2) is 42.5 Å². The molecule has 0 fully saturated rings. The number of aryl methyl sites for hydroxylation is 1. The number of hydrogen-bond donors (Lipinski definition) is 2. The maximum absolute atomic E-state index is 12.2. The molecule has 2 aromatic carbocycles. The molecule has 1 heterocycles. The molecule has 6 heteroatoms. The standard InChI is InChI=1S/C20H18N2O2S2/c1-24-19(23)17-15-7-4-8-16(15)26-18(17)22-20(25)21-14-10-9-12-5-2-3-6-13(12)11-14/h2-3,5-6,9-11H,4,7-8H2,1H3,(H2,21,22,25). The van der Waals surface area contributed by atoms with Crippen molar-refractivity contribution >= 4 is 56.1 Å². The summed E-state index contributed by atoms with van der Waals surface area (Å²) in [6.45, 7) is 0. The van der Waals surface area contributed by atoms with Crippen molar-refractivity contribution in [3.8, 4) is 0 Å². The van der Waals surface area contributed by atoms with Crippen molar-refractivity contribution in [1.29, 1.82) is 0 Å². The molecule has 0 aliphatic heterocycles. The largest absolute Gasteiger partial charge is 0.465 e. The molecule has 4 rings (SSSR count). The Balaban J connectivity index is 1.55. The van der Waals surface area contributed by atoms with Gasteiger partial charge in [-0.05, 0) is 59.9 Å². The molecular formula is C20H18N2O2S2. The third-order valence-electron chi connectivity index (χ3n) is 4.55. The zero-order valence-corrected chi connectivity index (χ0v) is 15.9. The van der Waals surface area contributed by atoms with Gasteiger partial charge in [-0.1, -0.05) is 30.3 Å². The fourth-order valence-corrected chi connectivity index (χ4v) is 4.91. The van der Waals surface area contributed by atoms with Crippen LogP contribution in [0.4, 0.5) is 10.7 Å². The number of carbonyl (C=O) groups excluding carboxylic acids is 1. The van der Waals surface area contributed by atoms with Crippen molar-refractivity contribution in [2.75, 3.05) is 17.7 Å². The Bertz CT molecular complexity index is 1010. The van der Waals surface area contributed by atoms with Crippen molar-refractivity contribution in [1.82, 2.24) is 0 Å². The summed E-state index contributed by atoms with van der Waals surface area (Å²) in [4.78, 5) is 13.5. The lowest BCUT2D eigenvalue weighted by Gasteiger charge is -2.12. The van der Waals surface area contributed by atoms with Gasteiger partial charge in [0, 0.05) is 10.6 Å². The number of nitrogens with one attached hydrogen (secondary N) is 2. The van der Waals surface area contributed by atoms with Crippen molar-refractivity contribution in [2.24, 2.45) is 0 Å². The molecule has 132 valence electrons. The SMILES string of the molecule is COC(=O)c1c(NC(=S)Nc2ccc3ccccc3c2)sc2c1CCC2. The second-order valence-corrected chi connectivity index (χ2v) is 7.71. The number of rotatable bonds is 3. The molecule has 0 spiro atoms. The molecule has 4 nitrogen and oxygen atoms in total. The number of benzene rings is 2. The van der Waals surface area contributed by atoms with Gasteiger partial charge in [0.2, 0.25) is 0 Å². The molecule has 0 bridgehead atoms. The quantitative estimate of drug-likeness (QED) is 0.494. The molecule has 0 unspecified atom stereocenters. The second-order valence-electron chi connectivity index (χ2n) is 6.19. The first-order valence-corrected chi connectivity index (χ1v) is 9.68. The fourth-order valence-electron chi connectivity index (χ4n) is 3.34. The van der Waals surface area contributed by atoms with Gasteiger partial charge in [0.25, 0.3) is 0 Å². The van der Waals surface area contributed by atoms with E-state index < -0.39 is 0 Å². The molecule has 1 aromatic heterocycles. The van der Waals surface area contributed by atoms with Gasteiger partial charge in [-0.2, -0.15) is 0 Å². The Morgan fingerprint density at radius 2 is 1.92 bits per heavy atom. The van der Waals surface area contributed by atoms with E-state index in [0.717, 1.165) is 40.9 Å². The van der Waals surface area contributed by atoms with E-state index in [2.05, 4.69) is 34.9 Å². The molecule has 0 saturated carbocycles. The molecule has 0 atom stereocenters. The van der Waals surface area contributed by atoms with E-state index >= 15 is 0 Å². The van der Waals surface area contributed by atoms with Gasteiger partial charge >= 0.3 is 5.97 Å². The predicted molar refractivity (Wildman–Crippen MR) is 111 cm³/mol. The van der Waals surface area contributed by atoms with Crippen molar-refractivity contribution in [3.63, 3.8) is 0 Å². The lowest BCUT2D eigenvalue weighted by molar-refractivity contribution is 0.0601. The fraction of sp³-hybridized carbons (Fsp3) is 0.200. The van der Waals surface area contributed by atoms with Crippen LogP contribution in [0.5, 0.6) is 0 Å². The van der Waals surface area contributed by atoms with E-state index in [4.69, 9.17) is 17.0 Å². The van der Waals surface area contributed by atoms with Gasteiger partial charge in [0.1, 0.15) is 5.00 Å². The summed E-state index contributed by atoms with van der Waals surface area (Å²) in [6.07, 6.45) is 3.02. The summed E-state index contributed by atoms with van der Waals surface area (Å²) in [5, 5.41) is 9.95. The van der Waals surface area contributed by atoms with Crippen LogP contribution >= 0.6 is 23.6 Å². The van der Waals surface area contributed by atoms with Gasteiger partial charge in [-0.3, -0.25) is 0 Å². The predicted octanol–water partition coefficient (Wildman–Crippen LogP) is 4.99. The van der Waals surface area contributed by atoms with Gasteiger partial charge in [0.05, 0.1) is 12.7 Å². The first-order valence-electron chi connectivity index (χ1n) is 8.45. The summed E-state index contributed by atoms with van der Waals surface area (Å²) in [5.74, 6) is -0.305. The summed E-state index contributed by atoms with van der Waals surface area (Å²) in [7, 11) is 1.41. The highest BCUT2D eigenvalue weighted by Gasteiger charge is 2.27. The van der Waals surface area contributed by atoms with Crippen molar-refractivity contribution in [2.45, 2.75) is 19.3 Å². The lowest BCUT2D eigenvalue weighted by atomic mass is 10.1. The Hall–Kier alpha value is -2.44. The Morgan fingerprint density at radius 3 is 2.73 bits per heavy atom. The van der Waals surface area contributed by atoms with Gasteiger partial charge in [0.15, 0.2) is 5.11 Å². The zero-order chi connectivity index (χ0) is 18.1. The van der Waals surface area contributed by atoms with E-state index in [9.17, 15) is 4.79 Å². The van der Waals surface area contributed by atoms with Crippen molar-refractivity contribution in [3.05, 3.63) is 58.5 Å². The third-order valence-corrected chi connectivity index (χ3v) is 5.96.